The summed E-state index contributed by atoms with van der Waals surface area (Å²) >= 11 is 6.19. The van der Waals surface area contributed by atoms with Crippen LogP contribution in [0.1, 0.15) is 32.8 Å². The van der Waals surface area contributed by atoms with Crippen molar-refractivity contribution in [3.05, 3.63) is 28.8 Å². The van der Waals surface area contributed by atoms with Crippen molar-refractivity contribution in [2.45, 2.75) is 38.9 Å². The third-order valence-electron chi connectivity index (χ3n) is 5.97. The first-order valence-corrected chi connectivity index (χ1v) is 12.4. The summed E-state index contributed by atoms with van der Waals surface area (Å²) in [5.74, 6) is 1.48. The Labute approximate surface area is 203 Å². The van der Waals surface area contributed by atoms with E-state index in [9.17, 15) is 8.42 Å². The minimum atomic E-state index is -3.06. The molecule has 2 heterocycles. The van der Waals surface area contributed by atoms with Gasteiger partial charge in [-0.2, -0.15) is 0 Å². The summed E-state index contributed by atoms with van der Waals surface area (Å²) in [6.45, 7) is 12.2. The quantitative estimate of drug-likeness (QED) is 0.342. The number of halogens is 2. The van der Waals surface area contributed by atoms with Crippen LogP contribution in [0.5, 0.6) is 0 Å². The molecular weight excluding hydrogens is 535 g/mol. The molecule has 9 heteroatoms. The molecule has 3 rings (SSSR count). The van der Waals surface area contributed by atoms with Crippen LogP contribution in [0.3, 0.4) is 0 Å². The van der Waals surface area contributed by atoms with Gasteiger partial charge >= 0.3 is 0 Å². The van der Waals surface area contributed by atoms with Gasteiger partial charge in [0.05, 0.1) is 10.5 Å². The third-order valence-corrected chi connectivity index (χ3v) is 8.74. The van der Waals surface area contributed by atoms with Gasteiger partial charge in [-0.1, -0.05) is 17.7 Å². The summed E-state index contributed by atoms with van der Waals surface area (Å²) in [5, 5.41) is 4.12. The van der Waals surface area contributed by atoms with Crippen LogP contribution in [0.4, 0.5) is 5.69 Å². The maximum atomic E-state index is 12.3. The van der Waals surface area contributed by atoms with Crippen LogP contribution in [-0.4, -0.2) is 69.0 Å². The number of aryl methyl sites for hydroxylation is 1. The monoisotopic (exact) mass is 568 g/mol. The molecule has 1 unspecified atom stereocenters. The van der Waals surface area contributed by atoms with Gasteiger partial charge in [-0.05, 0) is 57.7 Å². The molecule has 30 heavy (non-hydrogen) atoms. The fourth-order valence-corrected chi connectivity index (χ4v) is 5.62. The average Bonchev–Trinajstić information content (AvgIpc) is 3.12. The molecule has 1 aromatic carbocycles. The second-order valence-corrected chi connectivity index (χ2v) is 11.9. The molecule has 1 atom stereocenters. The van der Waals surface area contributed by atoms with E-state index in [1.165, 1.54) is 11.3 Å². The highest BCUT2D eigenvalue weighted by atomic mass is 127. The molecule has 2 aliphatic rings. The lowest BCUT2D eigenvalue weighted by Gasteiger charge is -2.39. The molecule has 0 saturated carbocycles. The number of guanidine groups is 1. The van der Waals surface area contributed by atoms with Crippen LogP contribution < -0.4 is 10.2 Å². The van der Waals surface area contributed by atoms with E-state index < -0.39 is 14.6 Å². The predicted molar refractivity (Wildman–Crippen MR) is 137 cm³/mol. The normalized spacial score (nSPS) is 23.2. The van der Waals surface area contributed by atoms with E-state index in [1.54, 1.807) is 13.8 Å². The van der Waals surface area contributed by atoms with E-state index in [4.69, 9.17) is 16.6 Å². The summed E-state index contributed by atoms with van der Waals surface area (Å²) in [6.07, 6.45) is 1.09. The molecular formula is C21H34ClIN4O2S. The molecule has 6 nitrogen and oxygen atoms in total. The molecule has 0 bridgehead atoms. The molecule has 0 aromatic heterocycles. The van der Waals surface area contributed by atoms with Crippen molar-refractivity contribution in [2.75, 3.05) is 49.9 Å². The van der Waals surface area contributed by atoms with Gasteiger partial charge in [0.2, 0.25) is 0 Å². The fraction of sp³-hybridized carbons (Fsp3) is 0.667. The lowest BCUT2D eigenvalue weighted by atomic mass is 10.1. The molecule has 1 aromatic rings. The first kappa shape index (κ1) is 25.5. The Morgan fingerprint density at radius 3 is 2.73 bits per heavy atom. The Morgan fingerprint density at radius 1 is 1.33 bits per heavy atom. The summed E-state index contributed by atoms with van der Waals surface area (Å²) in [6, 6.07) is 6.04. The zero-order valence-electron chi connectivity index (χ0n) is 18.3. The standard InChI is InChI=1S/C21H33ClN4O2S.HI/c1-5-23-20(26-10-11-29(27,28)21(3,4)15-26)24-13-17-8-9-25(14-17)19-12-18(22)7-6-16(19)2;/h6-7,12,17H,5,8-11,13-15H2,1-4H3,(H,23,24);1H. The number of aliphatic imine (C=N–C) groups is 1. The molecule has 0 aliphatic carbocycles. The van der Waals surface area contributed by atoms with E-state index in [0.29, 0.717) is 19.0 Å². The predicted octanol–water partition coefficient (Wildman–Crippen LogP) is 3.57. The maximum Gasteiger partial charge on any atom is 0.194 e. The molecule has 2 aliphatic heterocycles. The van der Waals surface area contributed by atoms with Gasteiger partial charge < -0.3 is 15.1 Å². The van der Waals surface area contributed by atoms with Gasteiger partial charge in [-0.3, -0.25) is 4.99 Å². The number of nitrogens with zero attached hydrogens (tertiary/aromatic N) is 3. The minimum absolute atomic E-state index is 0. The van der Waals surface area contributed by atoms with Crippen LogP contribution in [-0.2, 0) is 9.84 Å². The topological polar surface area (TPSA) is 65.0 Å². The number of anilines is 1. The van der Waals surface area contributed by atoms with Gasteiger partial charge in [0.25, 0.3) is 0 Å². The lowest BCUT2D eigenvalue weighted by Crippen LogP contribution is -2.57. The molecule has 0 spiro atoms. The van der Waals surface area contributed by atoms with Crippen molar-refractivity contribution in [3.8, 4) is 0 Å². The smallest absolute Gasteiger partial charge is 0.194 e. The van der Waals surface area contributed by atoms with Crippen LogP contribution in [0.25, 0.3) is 0 Å². The first-order valence-electron chi connectivity index (χ1n) is 10.4. The van der Waals surface area contributed by atoms with Gasteiger partial charge in [0.1, 0.15) is 0 Å². The Hall–Kier alpha value is -0.740. The largest absolute Gasteiger partial charge is 0.371 e. The molecule has 170 valence electrons. The van der Waals surface area contributed by atoms with Gasteiger partial charge in [-0.25, -0.2) is 8.42 Å². The maximum absolute atomic E-state index is 12.3. The summed E-state index contributed by atoms with van der Waals surface area (Å²) in [7, 11) is -3.06. The van der Waals surface area contributed by atoms with Crippen molar-refractivity contribution in [3.63, 3.8) is 0 Å². The second kappa shape index (κ2) is 10.3. The van der Waals surface area contributed by atoms with Crippen molar-refractivity contribution in [1.82, 2.24) is 10.2 Å². The van der Waals surface area contributed by atoms with Crippen molar-refractivity contribution in [2.24, 2.45) is 10.9 Å². The molecule has 2 saturated heterocycles. The lowest BCUT2D eigenvalue weighted by molar-refractivity contribution is 0.352. The van der Waals surface area contributed by atoms with E-state index in [-0.39, 0.29) is 29.7 Å². The number of sulfone groups is 1. The Balaban J connectivity index is 0.00000320. The fourth-order valence-electron chi connectivity index (χ4n) is 4.09. The van der Waals surface area contributed by atoms with Crippen LogP contribution in [0, 0.1) is 12.8 Å². The van der Waals surface area contributed by atoms with Crippen molar-refractivity contribution >= 4 is 57.1 Å². The molecule has 1 N–H and O–H groups in total. The van der Waals surface area contributed by atoms with E-state index >= 15 is 0 Å². The highest BCUT2D eigenvalue weighted by Gasteiger charge is 2.41. The van der Waals surface area contributed by atoms with Crippen LogP contribution in [0.2, 0.25) is 5.02 Å². The van der Waals surface area contributed by atoms with Crippen LogP contribution in [0.15, 0.2) is 23.2 Å². The van der Waals surface area contributed by atoms with Gasteiger partial charge in [0, 0.05) is 50.0 Å². The van der Waals surface area contributed by atoms with Crippen molar-refractivity contribution in [1.29, 1.82) is 0 Å². The second-order valence-electron chi connectivity index (χ2n) is 8.73. The van der Waals surface area contributed by atoms with Crippen molar-refractivity contribution < 1.29 is 8.42 Å². The Morgan fingerprint density at radius 2 is 2.07 bits per heavy atom. The van der Waals surface area contributed by atoms with E-state index in [2.05, 4.69) is 28.1 Å². The molecule has 0 radical (unpaired) electrons. The summed E-state index contributed by atoms with van der Waals surface area (Å²) in [5.41, 5.74) is 2.45. The molecule has 2 fully saturated rings. The van der Waals surface area contributed by atoms with Crippen LogP contribution >= 0.6 is 35.6 Å². The average molecular weight is 569 g/mol. The number of nitrogens with one attached hydrogen (secondary N) is 1. The number of hydrogen-bond donors (Lipinski definition) is 1. The van der Waals surface area contributed by atoms with E-state index in [1.807, 2.05) is 19.1 Å². The summed E-state index contributed by atoms with van der Waals surface area (Å²) < 4.78 is 23.9. The summed E-state index contributed by atoms with van der Waals surface area (Å²) in [4.78, 5) is 9.37. The third kappa shape index (κ3) is 5.73. The minimum Gasteiger partial charge on any atom is -0.371 e. The molecule has 0 amide bonds. The zero-order chi connectivity index (χ0) is 21.2. The highest BCUT2D eigenvalue weighted by Crippen LogP contribution is 2.29. The number of rotatable bonds is 4. The zero-order valence-corrected chi connectivity index (χ0v) is 22.2. The Bertz CT molecular complexity index is 876. The number of benzene rings is 1. The number of hydrogen-bond acceptors (Lipinski definition) is 4. The van der Waals surface area contributed by atoms with Gasteiger partial charge in [0.15, 0.2) is 15.8 Å². The van der Waals surface area contributed by atoms with Gasteiger partial charge in [-0.15, -0.1) is 24.0 Å². The highest BCUT2D eigenvalue weighted by molar-refractivity contribution is 14.0. The van der Waals surface area contributed by atoms with E-state index in [0.717, 1.165) is 43.6 Å². The first-order chi connectivity index (χ1) is 13.6. The SMILES string of the molecule is CCNC(=NCC1CCN(c2cc(Cl)ccc2C)C1)N1CCS(=O)(=O)C(C)(C)C1.I. The Kier molecular flexibility index (Phi) is 8.72.